The van der Waals surface area contributed by atoms with Crippen LogP contribution in [-0.2, 0) is 20.9 Å². The summed E-state index contributed by atoms with van der Waals surface area (Å²) in [6, 6.07) is 4.48. The van der Waals surface area contributed by atoms with Gasteiger partial charge in [0, 0.05) is 30.8 Å². The van der Waals surface area contributed by atoms with E-state index < -0.39 is 11.9 Å². The van der Waals surface area contributed by atoms with Crippen molar-refractivity contribution in [3.05, 3.63) is 29.3 Å². The molecule has 4 heterocycles. The highest BCUT2D eigenvalue weighted by Gasteiger charge is 2.42. The molecule has 2 N–H and O–H groups in total. The molecule has 3 fully saturated rings. The fourth-order valence-corrected chi connectivity index (χ4v) is 4.50. The number of hydrogen-bond donors (Lipinski definition) is 2. The van der Waals surface area contributed by atoms with Crippen molar-refractivity contribution in [1.29, 1.82) is 0 Å². The van der Waals surface area contributed by atoms with E-state index in [1.54, 1.807) is 23.1 Å². The van der Waals surface area contributed by atoms with E-state index in [0.29, 0.717) is 30.8 Å². The summed E-state index contributed by atoms with van der Waals surface area (Å²) < 4.78 is 5.52. The first-order valence-electron chi connectivity index (χ1n) is 9.46. The molecule has 0 saturated carbocycles. The predicted molar refractivity (Wildman–Crippen MR) is 96.4 cm³/mol. The second-order valence-electron chi connectivity index (χ2n) is 7.70. The second kappa shape index (κ2) is 6.30. The van der Waals surface area contributed by atoms with Crippen LogP contribution >= 0.6 is 0 Å². The molecule has 3 atom stereocenters. The van der Waals surface area contributed by atoms with Gasteiger partial charge in [-0.15, -0.1) is 0 Å². The van der Waals surface area contributed by atoms with E-state index in [2.05, 4.69) is 10.6 Å². The molecule has 5 amide bonds. The van der Waals surface area contributed by atoms with Crippen molar-refractivity contribution >= 4 is 29.4 Å². The number of anilines is 1. The zero-order chi connectivity index (χ0) is 19.4. The number of ether oxygens (including phenoxy) is 1. The number of nitrogens with zero attached hydrogens (tertiary/aromatic N) is 2. The lowest BCUT2D eigenvalue weighted by Crippen LogP contribution is -2.52. The maximum atomic E-state index is 12.7. The number of carbonyl (C=O) groups is 4. The van der Waals surface area contributed by atoms with Gasteiger partial charge in [0.15, 0.2) is 0 Å². The maximum absolute atomic E-state index is 12.7. The summed E-state index contributed by atoms with van der Waals surface area (Å²) in [7, 11) is 0. The third kappa shape index (κ3) is 2.73. The lowest BCUT2D eigenvalue weighted by atomic mass is 10.0. The first kappa shape index (κ1) is 17.2. The summed E-state index contributed by atoms with van der Waals surface area (Å²) in [5, 5.41) is 5.19. The van der Waals surface area contributed by atoms with Gasteiger partial charge < -0.3 is 19.9 Å². The van der Waals surface area contributed by atoms with Crippen LogP contribution in [0.1, 0.15) is 35.2 Å². The van der Waals surface area contributed by atoms with Crippen molar-refractivity contribution < 1.29 is 23.9 Å². The van der Waals surface area contributed by atoms with Gasteiger partial charge in [-0.05, 0) is 36.6 Å². The van der Waals surface area contributed by atoms with Crippen molar-refractivity contribution in [3.63, 3.8) is 0 Å². The Morgan fingerprint density at radius 3 is 2.82 bits per heavy atom. The Morgan fingerprint density at radius 1 is 1.25 bits per heavy atom. The summed E-state index contributed by atoms with van der Waals surface area (Å²) in [6.07, 6.45) is 1.57. The standard InChI is InChI=1S/C19H20N4O5/c24-16-4-3-15(17(25)21-16)23-7-10-5-11(1-2-14(10)18(23)26)20-19(27)22-8-13-6-12(22)9-28-13/h1-2,5,12-13,15H,3-4,6-9H2,(H,20,27)(H,21,24,25)/t12-,13-,15?/m0/s1. The number of likely N-dealkylation sites (tertiary alicyclic amines) is 1. The average molecular weight is 384 g/mol. The number of fused-ring (bicyclic) bond motifs is 3. The van der Waals surface area contributed by atoms with Crippen LogP contribution in [0.15, 0.2) is 18.2 Å². The van der Waals surface area contributed by atoms with E-state index >= 15 is 0 Å². The zero-order valence-electron chi connectivity index (χ0n) is 15.1. The molecule has 2 bridgehead atoms. The van der Waals surface area contributed by atoms with E-state index in [1.165, 1.54) is 4.90 Å². The minimum Gasteiger partial charge on any atom is -0.374 e. The van der Waals surface area contributed by atoms with Crippen LogP contribution < -0.4 is 10.6 Å². The zero-order valence-corrected chi connectivity index (χ0v) is 15.1. The number of urea groups is 1. The molecule has 9 heteroatoms. The predicted octanol–water partition coefficient (Wildman–Crippen LogP) is 0.453. The monoisotopic (exact) mass is 384 g/mol. The molecule has 1 aromatic carbocycles. The fourth-order valence-electron chi connectivity index (χ4n) is 4.50. The Hall–Kier alpha value is -2.94. The van der Waals surface area contributed by atoms with Crippen LogP contribution in [0.3, 0.4) is 0 Å². The molecule has 9 nitrogen and oxygen atoms in total. The van der Waals surface area contributed by atoms with E-state index in [9.17, 15) is 19.2 Å². The van der Waals surface area contributed by atoms with Crippen LogP contribution in [0.25, 0.3) is 0 Å². The van der Waals surface area contributed by atoms with Crippen LogP contribution in [0, 0.1) is 0 Å². The van der Waals surface area contributed by atoms with Gasteiger partial charge >= 0.3 is 6.03 Å². The molecule has 146 valence electrons. The number of carbonyl (C=O) groups excluding carboxylic acids is 4. The van der Waals surface area contributed by atoms with Gasteiger partial charge in [-0.3, -0.25) is 19.7 Å². The van der Waals surface area contributed by atoms with Crippen LogP contribution in [0.4, 0.5) is 10.5 Å². The van der Waals surface area contributed by atoms with Gasteiger partial charge in [0.05, 0.1) is 18.8 Å². The Balaban J connectivity index is 1.30. The number of nitrogens with one attached hydrogen (secondary N) is 2. The molecular formula is C19H20N4O5. The minimum absolute atomic E-state index is 0.129. The van der Waals surface area contributed by atoms with Gasteiger partial charge in [0.2, 0.25) is 11.8 Å². The number of morpholine rings is 1. The largest absolute Gasteiger partial charge is 0.374 e. The number of benzene rings is 1. The normalized spacial score (nSPS) is 28.6. The molecule has 0 aromatic heterocycles. The van der Waals surface area contributed by atoms with Crippen LogP contribution in [0.2, 0.25) is 0 Å². The van der Waals surface area contributed by atoms with Crippen LogP contribution in [-0.4, -0.2) is 64.9 Å². The van der Waals surface area contributed by atoms with Crippen molar-refractivity contribution in [2.45, 2.75) is 44.0 Å². The molecule has 0 radical (unpaired) electrons. The molecule has 4 aliphatic heterocycles. The lowest BCUT2D eigenvalue weighted by molar-refractivity contribution is -0.136. The van der Waals surface area contributed by atoms with E-state index in [-0.39, 0.29) is 43.0 Å². The third-order valence-electron chi connectivity index (χ3n) is 5.94. The van der Waals surface area contributed by atoms with E-state index in [1.807, 2.05) is 0 Å². The summed E-state index contributed by atoms with van der Waals surface area (Å²) in [5.41, 5.74) is 1.90. The quantitative estimate of drug-likeness (QED) is 0.720. The Bertz CT molecular complexity index is 900. The van der Waals surface area contributed by atoms with Crippen molar-refractivity contribution in [2.75, 3.05) is 18.5 Å². The molecule has 1 unspecified atom stereocenters. The Kier molecular flexibility index (Phi) is 3.87. The molecular weight excluding hydrogens is 364 g/mol. The summed E-state index contributed by atoms with van der Waals surface area (Å²) in [6.45, 7) is 1.47. The molecule has 0 aliphatic carbocycles. The first-order chi connectivity index (χ1) is 13.5. The van der Waals surface area contributed by atoms with Crippen LogP contribution in [0.5, 0.6) is 0 Å². The number of rotatable bonds is 2. The fraction of sp³-hybridized carbons (Fsp3) is 0.474. The number of imide groups is 1. The molecule has 3 saturated heterocycles. The smallest absolute Gasteiger partial charge is 0.322 e. The average Bonchev–Trinajstić information content (AvgIpc) is 3.37. The van der Waals surface area contributed by atoms with Crippen molar-refractivity contribution in [1.82, 2.24) is 15.1 Å². The highest BCUT2D eigenvalue weighted by atomic mass is 16.5. The molecule has 1 aromatic rings. The maximum Gasteiger partial charge on any atom is 0.322 e. The van der Waals surface area contributed by atoms with Gasteiger partial charge in [-0.1, -0.05) is 0 Å². The van der Waals surface area contributed by atoms with E-state index in [0.717, 1.165) is 12.0 Å². The highest BCUT2D eigenvalue weighted by molar-refractivity contribution is 6.05. The highest BCUT2D eigenvalue weighted by Crippen LogP contribution is 2.31. The van der Waals surface area contributed by atoms with Gasteiger partial charge in [-0.25, -0.2) is 4.79 Å². The summed E-state index contributed by atoms with van der Waals surface area (Å²) in [5.74, 6) is -0.968. The van der Waals surface area contributed by atoms with Crippen molar-refractivity contribution in [3.8, 4) is 0 Å². The Labute approximate surface area is 161 Å². The molecule has 4 aliphatic rings. The SMILES string of the molecule is O=C1CCC(N2Cc3cc(NC(=O)N4C[C@@H]5C[C@H]4CO5)ccc3C2=O)C(=O)N1. The lowest BCUT2D eigenvalue weighted by Gasteiger charge is -2.29. The summed E-state index contributed by atoms with van der Waals surface area (Å²) in [4.78, 5) is 52.0. The molecule has 28 heavy (non-hydrogen) atoms. The van der Waals surface area contributed by atoms with Gasteiger partial charge in [0.25, 0.3) is 5.91 Å². The third-order valence-corrected chi connectivity index (χ3v) is 5.94. The van der Waals surface area contributed by atoms with Crippen molar-refractivity contribution in [2.24, 2.45) is 0 Å². The minimum atomic E-state index is -0.643. The van der Waals surface area contributed by atoms with Gasteiger partial charge in [0.1, 0.15) is 6.04 Å². The molecule has 5 rings (SSSR count). The number of amides is 5. The second-order valence-corrected chi connectivity index (χ2v) is 7.70. The van der Waals surface area contributed by atoms with E-state index in [4.69, 9.17) is 4.74 Å². The topological polar surface area (TPSA) is 108 Å². The summed E-state index contributed by atoms with van der Waals surface area (Å²) >= 11 is 0. The first-order valence-corrected chi connectivity index (χ1v) is 9.46. The number of hydrogen-bond acceptors (Lipinski definition) is 5. The van der Waals surface area contributed by atoms with Gasteiger partial charge in [-0.2, -0.15) is 0 Å². The number of piperidine rings is 1. The Morgan fingerprint density at radius 2 is 2.11 bits per heavy atom. The molecule has 0 spiro atoms.